The van der Waals surface area contributed by atoms with Gasteiger partial charge in [-0.2, -0.15) is 0 Å². The number of nitrogens with zero attached hydrogens (tertiary/aromatic N) is 2. The van der Waals surface area contributed by atoms with Crippen molar-refractivity contribution < 1.29 is 9.59 Å². The molecular formula is C19H26ClN3O2S. The number of amides is 2. The van der Waals surface area contributed by atoms with Crippen molar-refractivity contribution in [2.24, 2.45) is 5.92 Å². The van der Waals surface area contributed by atoms with Crippen LogP contribution in [0.3, 0.4) is 0 Å². The number of piperidine rings is 2. The first kappa shape index (κ1) is 18.3. The van der Waals surface area contributed by atoms with Gasteiger partial charge in [-0.1, -0.05) is 11.6 Å². The lowest BCUT2D eigenvalue weighted by molar-refractivity contribution is -0.138. The average Bonchev–Trinajstić information content (AvgIpc) is 3.24. The number of hydrogen-bond donors (Lipinski definition) is 1. The molecule has 0 saturated carbocycles. The number of halogens is 1. The van der Waals surface area contributed by atoms with Gasteiger partial charge in [-0.3, -0.25) is 9.59 Å². The van der Waals surface area contributed by atoms with Gasteiger partial charge in [-0.15, -0.1) is 11.3 Å². The zero-order chi connectivity index (χ0) is 18.3. The third-order valence-corrected chi connectivity index (χ3v) is 7.48. The van der Waals surface area contributed by atoms with Gasteiger partial charge in [0.2, 0.25) is 5.91 Å². The summed E-state index contributed by atoms with van der Waals surface area (Å²) < 4.78 is 0.635. The van der Waals surface area contributed by atoms with Gasteiger partial charge in [0, 0.05) is 44.2 Å². The van der Waals surface area contributed by atoms with Crippen molar-refractivity contribution in [3.63, 3.8) is 0 Å². The Kier molecular flexibility index (Phi) is 5.26. The lowest BCUT2D eigenvalue weighted by atomic mass is 9.92. The predicted molar refractivity (Wildman–Crippen MR) is 104 cm³/mol. The van der Waals surface area contributed by atoms with Crippen molar-refractivity contribution in [1.29, 1.82) is 0 Å². The van der Waals surface area contributed by atoms with E-state index >= 15 is 0 Å². The molecule has 0 aliphatic carbocycles. The largest absolute Gasteiger partial charge is 0.342 e. The Balaban J connectivity index is 1.31. The van der Waals surface area contributed by atoms with Gasteiger partial charge in [-0.25, -0.2) is 0 Å². The highest BCUT2D eigenvalue weighted by Gasteiger charge is 2.38. The van der Waals surface area contributed by atoms with Crippen LogP contribution in [0, 0.1) is 5.92 Å². The number of carbonyl (C=O) groups excluding carboxylic acids is 2. The van der Waals surface area contributed by atoms with Crippen LogP contribution in [0.15, 0.2) is 12.1 Å². The van der Waals surface area contributed by atoms with Crippen molar-refractivity contribution in [2.75, 3.05) is 20.1 Å². The van der Waals surface area contributed by atoms with Crippen LogP contribution in [0.4, 0.5) is 0 Å². The van der Waals surface area contributed by atoms with E-state index in [9.17, 15) is 9.59 Å². The molecule has 2 bridgehead atoms. The molecule has 2 atom stereocenters. The van der Waals surface area contributed by atoms with Gasteiger partial charge < -0.3 is 15.1 Å². The smallest absolute Gasteiger partial charge is 0.263 e. The molecule has 0 spiro atoms. The lowest BCUT2D eigenvalue weighted by Gasteiger charge is -2.39. The van der Waals surface area contributed by atoms with E-state index in [0.717, 1.165) is 25.7 Å². The fourth-order valence-electron chi connectivity index (χ4n) is 4.73. The third kappa shape index (κ3) is 3.64. The van der Waals surface area contributed by atoms with Gasteiger partial charge in [0.1, 0.15) is 0 Å². The number of likely N-dealkylation sites (tertiary alicyclic amines) is 1. The van der Waals surface area contributed by atoms with Crippen LogP contribution in [0.25, 0.3) is 0 Å². The molecule has 3 aliphatic rings. The Hall–Kier alpha value is -1.11. The zero-order valence-electron chi connectivity index (χ0n) is 15.1. The molecule has 142 valence electrons. The molecule has 7 heteroatoms. The molecule has 26 heavy (non-hydrogen) atoms. The summed E-state index contributed by atoms with van der Waals surface area (Å²) in [7, 11) is 1.98. The summed E-state index contributed by atoms with van der Waals surface area (Å²) in [5.74, 6) is 0.349. The number of nitrogens with one attached hydrogen (secondary N) is 1. The number of rotatable bonds is 3. The predicted octanol–water partition coefficient (Wildman–Crippen LogP) is 3.00. The molecule has 5 nitrogen and oxygen atoms in total. The molecule has 3 aliphatic heterocycles. The highest BCUT2D eigenvalue weighted by atomic mass is 35.5. The van der Waals surface area contributed by atoms with E-state index in [1.54, 1.807) is 12.1 Å². The molecule has 4 heterocycles. The molecule has 3 fully saturated rings. The molecule has 1 aromatic rings. The van der Waals surface area contributed by atoms with E-state index in [2.05, 4.69) is 5.32 Å². The van der Waals surface area contributed by atoms with Crippen LogP contribution < -0.4 is 5.32 Å². The maximum absolute atomic E-state index is 13.0. The molecule has 2 unspecified atom stereocenters. The summed E-state index contributed by atoms with van der Waals surface area (Å²) in [6.07, 6.45) is 6.16. The van der Waals surface area contributed by atoms with E-state index in [1.807, 2.05) is 16.8 Å². The van der Waals surface area contributed by atoms with Crippen LogP contribution in [-0.4, -0.2) is 59.9 Å². The fraction of sp³-hybridized carbons (Fsp3) is 0.684. The molecule has 4 rings (SSSR count). The van der Waals surface area contributed by atoms with E-state index in [4.69, 9.17) is 11.6 Å². The van der Waals surface area contributed by atoms with Crippen molar-refractivity contribution in [2.45, 2.75) is 56.7 Å². The van der Waals surface area contributed by atoms with Gasteiger partial charge in [0.15, 0.2) is 0 Å². The number of carbonyl (C=O) groups is 2. The summed E-state index contributed by atoms with van der Waals surface area (Å²) in [4.78, 5) is 30.0. The second-order valence-electron chi connectivity index (χ2n) is 7.88. The van der Waals surface area contributed by atoms with Crippen LogP contribution in [0.1, 0.15) is 48.2 Å². The van der Waals surface area contributed by atoms with Crippen molar-refractivity contribution in [3.8, 4) is 0 Å². The topological polar surface area (TPSA) is 52.7 Å². The van der Waals surface area contributed by atoms with Gasteiger partial charge >= 0.3 is 0 Å². The van der Waals surface area contributed by atoms with Crippen molar-refractivity contribution in [3.05, 3.63) is 21.3 Å². The first-order valence-electron chi connectivity index (χ1n) is 9.58. The maximum Gasteiger partial charge on any atom is 0.263 e. The second kappa shape index (κ2) is 7.49. The van der Waals surface area contributed by atoms with E-state index < -0.39 is 0 Å². The normalized spacial score (nSPS) is 29.0. The summed E-state index contributed by atoms with van der Waals surface area (Å²) in [6, 6.07) is 5.09. The monoisotopic (exact) mass is 395 g/mol. The van der Waals surface area contributed by atoms with Crippen LogP contribution in [0.5, 0.6) is 0 Å². The highest BCUT2D eigenvalue weighted by Crippen LogP contribution is 2.31. The molecule has 1 aromatic heterocycles. The first-order chi connectivity index (χ1) is 12.5. The average molecular weight is 396 g/mol. The third-order valence-electron chi connectivity index (χ3n) is 6.26. The highest BCUT2D eigenvalue weighted by molar-refractivity contribution is 7.17. The van der Waals surface area contributed by atoms with E-state index in [1.165, 1.54) is 24.2 Å². The Bertz CT molecular complexity index is 674. The minimum Gasteiger partial charge on any atom is -0.342 e. The minimum absolute atomic E-state index is 0.0380. The first-order valence-corrected chi connectivity index (χ1v) is 10.8. The lowest BCUT2D eigenvalue weighted by Crippen LogP contribution is -2.51. The van der Waals surface area contributed by atoms with Gasteiger partial charge in [0.05, 0.1) is 9.21 Å². The second-order valence-corrected chi connectivity index (χ2v) is 9.60. The molecule has 3 saturated heterocycles. The van der Waals surface area contributed by atoms with Crippen molar-refractivity contribution in [1.82, 2.24) is 15.1 Å². The molecule has 0 aromatic carbocycles. The Morgan fingerprint density at radius 1 is 1.15 bits per heavy atom. The number of fused-ring (bicyclic) bond motifs is 2. The van der Waals surface area contributed by atoms with Crippen LogP contribution >= 0.6 is 22.9 Å². The Morgan fingerprint density at radius 3 is 2.38 bits per heavy atom. The van der Waals surface area contributed by atoms with Gasteiger partial charge in [-0.05, 0) is 50.7 Å². The molecule has 0 radical (unpaired) electrons. The SMILES string of the molecule is CN(C(=O)C1CCN(C(=O)c2ccc(Cl)s2)CC1)C1CC2CCC(C1)N2. The summed E-state index contributed by atoms with van der Waals surface area (Å²) in [5.41, 5.74) is 0. The molecule has 1 N–H and O–H groups in total. The quantitative estimate of drug-likeness (QED) is 0.855. The summed E-state index contributed by atoms with van der Waals surface area (Å²) >= 11 is 7.25. The van der Waals surface area contributed by atoms with Crippen molar-refractivity contribution >= 4 is 34.8 Å². The van der Waals surface area contributed by atoms with E-state index in [0.29, 0.717) is 40.4 Å². The molecular weight excluding hydrogens is 370 g/mol. The number of thiophene rings is 1. The zero-order valence-corrected chi connectivity index (χ0v) is 16.7. The Morgan fingerprint density at radius 2 is 1.81 bits per heavy atom. The minimum atomic E-state index is 0.0380. The number of hydrogen-bond acceptors (Lipinski definition) is 4. The summed E-state index contributed by atoms with van der Waals surface area (Å²) in [5, 5.41) is 3.64. The van der Waals surface area contributed by atoms with E-state index in [-0.39, 0.29) is 17.7 Å². The summed E-state index contributed by atoms with van der Waals surface area (Å²) in [6.45, 7) is 1.30. The van der Waals surface area contributed by atoms with Gasteiger partial charge in [0.25, 0.3) is 5.91 Å². The Labute approximate surface area is 163 Å². The fourth-order valence-corrected chi connectivity index (χ4v) is 5.74. The van der Waals surface area contributed by atoms with Crippen LogP contribution in [0.2, 0.25) is 4.34 Å². The maximum atomic E-state index is 13.0. The molecule has 2 amide bonds. The van der Waals surface area contributed by atoms with Crippen LogP contribution in [-0.2, 0) is 4.79 Å². The standard InChI is InChI=1S/C19H26ClN3O2S/c1-22(15-10-13-2-3-14(11-15)21-13)18(24)12-6-8-23(9-7-12)19(25)16-4-5-17(20)26-16/h4-5,12-15,21H,2-3,6-11H2,1H3.